The number of ether oxygens (including phenoxy) is 1. The van der Waals surface area contributed by atoms with Crippen molar-refractivity contribution in [3.05, 3.63) is 53.1 Å². The molecule has 1 amide bonds. The Kier molecular flexibility index (Phi) is 3.94. The molecule has 2 rings (SSSR count). The molecule has 0 spiro atoms. The number of aromatic hydroxyl groups is 1. The van der Waals surface area contributed by atoms with Gasteiger partial charge in [-0.3, -0.25) is 4.79 Å². The van der Waals surface area contributed by atoms with Crippen LogP contribution in [-0.4, -0.2) is 18.1 Å². The summed E-state index contributed by atoms with van der Waals surface area (Å²) >= 11 is 0. The first-order valence-corrected chi connectivity index (χ1v) is 6.27. The van der Waals surface area contributed by atoms with Gasteiger partial charge in [0.05, 0.1) is 12.8 Å². The largest absolute Gasteiger partial charge is 0.506 e. The summed E-state index contributed by atoms with van der Waals surface area (Å²) in [7, 11) is 1.57. The van der Waals surface area contributed by atoms with Gasteiger partial charge in [-0.05, 0) is 61.4 Å². The molecule has 0 aliphatic rings. The molecule has 0 saturated carbocycles. The standard InChI is InChI=1S/C16H17NO3/c1-10-8-14(15(18)9-11(10)2)17-16(19)12-4-6-13(20-3)7-5-12/h4-9,18H,1-3H3,(H,17,19). The fourth-order valence-corrected chi connectivity index (χ4v) is 1.84. The Morgan fingerprint density at radius 2 is 1.70 bits per heavy atom. The fourth-order valence-electron chi connectivity index (χ4n) is 1.84. The van der Waals surface area contributed by atoms with Crippen molar-refractivity contribution in [1.82, 2.24) is 0 Å². The lowest BCUT2D eigenvalue weighted by Crippen LogP contribution is -2.12. The number of benzene rings is 2. The molecule has 0 bridgehead atoms. The minimum absolute atomic E-state index is 0.0648. The van der Waals surface area contributed by atoms with Crippen LogP contribution < -0.4 is 10.1 Å². The molecule has 0 aromatic heterocycles. The zero-order chi connectivity index (χ0) is 14.7. The minimum atomic E-state index is -0.272. The Balaban J connectivity index is 2.20. The van der Waals surface area contributed by atoms with Crippen molar-refractivity contribution in [2.75, 3.05) is 12.4 Å². The lowest BCUT2D eigenvalue weighted by molar-refractivity contribution is 0.102. The molecule has 0 saturated heterocycles. The van der Waals surface area contributed by atoms with Gasteiger partial charge in [0.2, 0.25) is 0 Å². The van der Waals surface area contributed by atoms with Gasteiger partial charge in [0.1, 0.15) is 11.5 Å². The van der Waals surface area contributed by atoms with Gasteiger partial charge in [0.15, 0.2) is 0 Å². The van der Waals surface area contributed by atoms with E-state index in [9.17, 15) is 9.90 Å². The van der Waals surface area contributed by atoms with Gasteiger partial charge >= 0.3 is 0 Å². The predicted octanol–water partition coefficient (Wildman–Crippen LogP) is 3.27. The summed E-state index contributed by atoms with van der Waals surface area (Å²) in [5.74, 6) is 0.483. The molecule has 4 heteroatoms. The maximum Gasteiger partial charge on any atom is 0.255 e. The fraction of sp³-hybridized carbons (Fsp3) is 0.188. The number of carbonyl (C=O) groups is 1. The van der Waals surface area contributed by atoms with E-state index in [0.717, 1.165) is 11.1 Å². The molecule has 0 aliphatic heterocycles. The van der Waals surface area contributed by atoms with E-state index in [1.165, 1.54) is 0 Å². The Bertz CT molecular complexity index is 633. The summed E-state index contributed by atoms with van der Waals surface area (Å²) in [6, 6.07) is 10.2. The number of nitrogens with one attached hydrogen (secondary N) is 1. The van der Waals surface area contributed by atoms with Crippen LogP contribution in [-0.2, 0) is 0 Å². The quantitative estimate of drug-likeness (QED) is 0.842. The van der Waals surface area contributed by atoms with Crippen LogP contribution in [0.5, 0.6) is 11.5 Å². The number of hydrogen-bond donors (Lipinski definition) is 2. The van der Waals surface area contributed by atoms with Crippen LogP contribution in [0, 0.1) is 13.8 Å². The van der Waals surface area contributed by atoms with Crippen LogP contribution >= 0.6 is 0 Å². The molecule has 0 aliphatic carbocycles. The van der Waals surface area contributed by atoms with Gasteiger partial charge < -0.3 is 15.2 Å². The Labute approximate surface area is 118 Å². The number of aryl methyl sites for hydroxylation is 2. The number of rotatable bonds is 3. The highest BCUT2D eigenvalue weighted by Gasteiger charge is 2.10. The summed E-state index contributed by atoms with van der Waals surface area (Å²) in [6.07, 6.45) is 0. The summed E-state index contributed by atoms with van der Waals surface area (Å²) in [5.41, 5.74) is 2.90. The van der Waals surface area contributed by atoms with Crippen LogP contribution in [0.4, 0.5) is 5.69 Å². The van der Waals surface area contributed by atoms with Crippen molar-refractivity contribution in [2.24, 2.45) is 0 Å². The normalized spacial score (nSPS) is 10.2. The third kappa shape index (κ3) is 2.91. The zero-order valence-corrected chi connectivity index (χ0v) is 11.7. The molecular formula is C16H17NO3. The second kappa shape index (κ2) is 5.65. The molecule has 20 heavy (non-hydrogen) atoms. The maximum atomic E-state index is 12.1. The first-order valence-electron chi connectivity index (χ1n) is 6.27. The number of anilines is 1. The van der Waals surface area contributed by atoms with Gasteiger partial charge in [-0.15, -0.1) is 0 Å². The Hall–Kier alpha value is -2.49. The van der Waals surface area contributed by atoms with Crippen LogP contribution in [0.2, 0.25) is 0 Å². The second-order valence-corrected chi connectivity index (χ2v) is 4.64. The third-order valence-electron chi connectivity index (χ3n) is 3.21. The van der Waals surface area contributed by atoms with Crippen molar-refractivity contribution in [1.29, 1.82) is 0 Å². The second-order valence-electron chi connectivity index (χ2n) is 4.64. The topological polar surface area (TPSA) is 58.6 Å². The average Bonchev–Trinajstić information content (AvgIpc) is 2.44. The van der Waals surface area contributed by atoms with Gasteiger partial charge in [0, 0.05) is 5.56 Å². The first-order chi connectivity index (χ1) is 9.51. The molecule has 2 aromatic carbocycles. The van der Waals surface area contributed by atoms with Crippen molar-refractivity contribution in [2.45, 2.75) is 13.8 Å². The van der Waals surface area contributed by atoms with Crippen LogP contribution in [0.25, 0.3) is 0 Å². The maximum absolute atomic E-state index is 12.1. The van der Waals surface area contributed by atoms with E-state index in [2.05, 4.69) is 5.32 Å². The SMILES string of the molecule is COc1ccc(C(=O)Nc2cc(C)c(C)cc2O)cc1. The summed E-state index contributed by atoms with van der Waals surface area (Å²) in [6.45, 7) is 3.84. The van der Waals surface area contributed by atoms with Gasteiger partial charge in [-0.25, -0.2) is 0 Å². The van der Waals surface area contributed by atoms with Crippen molar-refractivity contribution in [3.8, 4) is 11.5 Å². The Morgan fingerprint density at radius 1 is 1.10 bits per heavy atom. The molecule has 4 nitrogen and oxygen atoms in total. The van der Waals surface area contributed by atoms with E-state index in [4.69, 9.17) is 4.74 Å². The minimum Gasteiger partial charge on any atom is -0.506 e. The third-order valence-corrected chi connectivity index (χ3v) is 3.21. The van der Waals surface area contributed by atoms with Crippen molar-refractivity contribution < 1.29 is 14.6 Å². The predicted molar refractivity (Wildman–Crippen MR) is 78.5 cm³/mol. The van der Waals surface area contributed by atoms with Crippen molar-refractivity contribution >= 4 is 11.6 Å². The number of phenolic OH excluding ortho intramolecular Hbond substituents is 1. The first kappa shape index (κ1) is 13.9. The highest BCUT2D eigenvalue weighted by molar-refractivity contribution is 6.05. The average molecular weight is 271 g/mol. The van der Waals surface area contributed by atoms with E-state index >= 15 is 0 Å². The monoisotopic (exact) mass is 271 g/mol. The highest BCUT2D eigenvalue weighted by Crippen LogP contribution is 2.27. The molecule has 0 radical (unpaired) electrons. The molecule has 2 N–H and O–H groups in total. The number of hydrogen-bond acceptors (Lipinski definition) is 3. The number of carbonyl (C=O) groups excluding carboxylic acids is 1. The summed E-state index contributed by atoms with van der Waals surface area (Å²) in [4.78, 5) is 12.1. The lowest BCUT2D eigenvalue weighted by atomic mass is 10.1. The number of methoxy groups -OCH3 is 1. The van der Waals surface area contributed by atoms with E-state index in [1.54, 1.807) is 43.5 Å². The van der Waals surface area contributed by atoms with E-state index < -0.39 is 0 Å². The summed E-state index contributed by atoms with van der Waals surface area (Å²) < 4.78 is 5.04. The molecule has 0 unspecified atom stereocenters. The number of amides is 1. The van der Waals surface area contributed by atoms with Crippen LogP contribution in [0.1, 0.15) is 21.5 Å². The molecule has 104 valence electrons. The van der Waals surface area contributed by atoms with Gasteiger partial charge in [0.25, 0.3) is 5.91 Å². The Morgan fingerprint density at radius 3 is 2.30 bits per heavy atom. The van der Waals surface area contributed by atoms with E-state index in [1.807, 2.05) is 13.8 Å². The van der Waals surface area contributed by atoms with E-state index in [0.29, 0.717) is 17.0 Å². The highest BCUT2D eigenvalue weighted by atomic mass is 16.5. The molecular weight excluding hydrogens is 254 g/mol. The van der Waals surface area contributed by atoms with Crippen molar-refractivity contribution in [3.63, 3.8) is 0 Å². The van der Waals surface area contributed by atoms with Crippen LogP contribution in [0.15, 0.2) is 36.4 Å². The number of phenols is 1. The van der Waals surface area contributed by atoms with Gasteiger partial charge in [-0.1, -0.05) is 0 Å². The smallest absolute Gasteiger partial charge is 0.255 e. The summed E-state index contributed by atoms with van der Waals surface area (Å²) in [5, 5.41) is 12.6. The zero-order valence-electron chi connectivity index (χ0n) is 11.7. The molecule has 2 aromatic rings. The lowest BCUT2D eigenvalue weighted by Gasteiger charge is -2.10. The molecule has 0 heterocycles. The van der Waals surface area contributed by atoms with E-state index in [-0.39, 0.29) is 11.7 Å². The van der Waals surface area contributed by atoms with Crippen LogP contribution in [0.3, 0.4) is 0 Å². The molecule has 0 fully saturated rings. The molecule has 0 atom stereocenters. The van der Waals surface area contributed by atoms with Gasteiger partial charge in [-0.2, -0.15) is 0 Å².